The van der Waals surface area contributed by atoms with Crippen LogP contribution in [0.5, 0.6) is 0 Å². The first-order valence-electron chi connectivity index (χ1n) is 6.40. The second-order valence-electron chi connectivity index (χ2n) is 4.87. The van der Waals surface area contributed by atoms with Crippen molar-refractivity contribution < 1.29 is 5.11 Å². The van der Waals surface area contributed by atoms with Crippen molar-refractivity contribution in [3.8, 4) is 0 Å². The molecule has 4 heteroatoms. The molecule has 0 aliphatic rings. The van der Waals surface area contributed by atoms with Crippen LogP contribution in [0, 0.1) is 0 Å². The van der Waals surface area contributed by atoms with Gasteiger partial charge in [0.25, 0.3) is 0 Å². The maximum absolute atomic E-state index is 9.60. The van der Waals surface area contributed by atoms with Gasteiger partial charge in [0, 0.05) is 28.8 Å². The Bertz CT molecular complexity index is 601. The topological polar surface area (TPSA) is 23.5 Å². The van der Waals surface area contributed by atoms with Crippen LogP contribution in [0.1, 0.15) is 24.2 Å². The summed E-state index contributed by atoms with van der Waals surface area (Å²) in [6.07, 6.45) is -0.549. The number of aliphatic hydroxyl groups is 1. The summed E-state index contributed by atoms with van der Waals surface area (Å²) in [6.45, 7) is 2.51. The molecule has 0 heterocycles. The van der Waals surface area contributed by atoms with Gasteiger partial charge in [0.1, 0.15) is 0 Å². The molecule has 0 fully saturated rings. The molecule has 1 unspecified atom stereocenters. The lowest BCUT2D eigenvalue weighted by atomic mass is 10.1. The van der Waals surface area contributed by atoms with E-state index >= 15 is 0 Å². The Morgan fingerprint density at radius 1 is 1.25 bits per heavy atom. The average molecular weight is 355 g/mol. The predicted octanol–water partition coefficient (Wildman–Crippen LogP) is 4.79. The number of hydrogen-bond donors (Lipinski definition) is 1. The van der Waals surface area contributed by atoms with E-state index in [-0.39, 0.29) is 0 Å². The fourth-order valence-corrected chi connectivity index (χ4v) is 2.87. The van der Waals surface area contributed by atoms with E-state index < -0.39 is 6.10 Å². The molecule has 2 nitrogen and oxygen atoms in total. The molecule has 106 valence electrons. The van der Waals surface area contributed by atoms with Crippen molar-refractivity contribution in [2.75, 3.05) is 11.9 Å². The number of hydrogen-bond acceptors (Lipinski definition) is 2. The number of rotatable bonds is 4. The van der Waals surface area contributed by atoms with E-state index in [1.807, 2.05) is 37.4 Å². The summed E-state index contributed by atoms with van der Waals surface area (Å²) in [5, 5.41) is 10.2. The zero-order valence-electron chi connectivity index (χ0n) is 11.5. The lowest BCUT2D eigenvalue weighted by Crippen LogP contribution is -2.16. The third-order valence-electron chi connectivity index (χ3n) is 3.18. The molecular weight excluding hydrogens is 338 g/mol. The Balaban J connectivity index is 2.17. The van der Waals surface area contributed by atoms with Crippen molar-refractivity contribution >= 4 is 33.2 Å². The van der Waals surface area contributed by atoms with Crippen molar-refractivity contribution in [2.45, 2.75) is 19.6 Å². The zero-order valence-corrected chi connectivity index (χ0v) is 13.8. The summed E-state index contributed by atoms with van der Waals surface area (Å²) in [6, 6.07) is 14.0. The number of nitrogens with zero attached hydrogens (tertiary/aromatic N) is 1. The van der Waals surface area contributed by atoms with Gasteiger partial charge in [0.15, 0.2) is 0 Å². The lowest BCUT2D eigenvalue weighted by molar-refractivity contribution is 0.199. The quantitative estimate of drug-likeness (QED) is 0.853. The van der Waals surface area contributed by atoms with Crippen LogP contribution in [-0.2, 0) is 6.54 Å². The molecule has 0 aliphatic heterocycles. The average Bonchev–Trinajstić information content (AvgIpc) is 2.38. The second-order valence-corrected chi connectivity index (χ2v) is 6.19. The van der Waals surface area contributed by atoms with E-state index in [0.29, 0.717) is 5.02 Å². The van der Waals surface area contributed by atoms with Gasteiger partial charge < -0.3 is 10.0 Å². The van der Waals surface area contributed by atoms with Crippen molar-refractivity contribution in [1.82, 2.24) is 0 Å². The van der Waals surface area contributed by atoms with Crippen LogP contribution in [0.25, 0.3) is 0 Å². The Kier molecular flexibility index (Phi) is 5.08. The number of benzene rings is 2. The van der Waals surface area contributed by atoms with Gasteiger partial charge in [-0.3, -0.25) is 0 Å². The largest absolute Gasteiger partial charge is 0.389 e. The highest BCUT2D eigenvalue weighted by Crippen LogP contribution is 2.28. The highest BCUT2D eigenvalue weighted by Gasteiger charge is 2.09. The van der Waals surface area contributed by atoms with E-state index in [2.05, 4.69) is 33.0 Å². The molecule has 2 rings (SSSR count). The molecule has 0 radical (unpaired) electrons. The normalized spacial score (nSPS) is 12.2. The first-order valence-corrected chi connectivity index (χ1v) is 7.57. The zero-order chi connectivity index (χ0) is 14.7. The molecule has 0 bridgehead atoms. The maximum atomic E-state index is 9.60. The van der Waals surface area contributed by atoms with Crippen LogP contribution in [0.4, 0.5) is 5.69 Å². The standard InChI is InChI=1S/C16H17BrClNO/c1-11(20)15-7-6-14(9-16(15)18)19(2)10-12-4-3-5-13(17)8-12/h3-9,11,20H,10H2,1-2H3. The van der Waals surface area contributed by atoms with Gasteiger partial charge in [-0.15, -0.1) is 0 Å². The molecule has 1 atom stereocenters. The fourth-order valence-electron chi connectivity index (χ4n) is 2.09. The number of anilines is 1. The van der Waals surface area contributed by atoms with E-state index in [9.17, 15) is 5.11 Å². The molecule has 0 saturated carbocycles. The Labute approximate surface area is 133 Å². The lowest BCUT2D eigenvalue weighted by Gasteiger charge is -2.21. The van der Waals surface area contributed by atoms with Gasteiger partial charge >= 0.3 is 0 Å². The summed E-state index contributed by atoms with van der Waals surface area (Å²) in [4.78, 5) is 2.12. The summed E-state index contributed by atoms with van der Waals surface area (Å²) in [5.41, 5.74) is 3.00. The smallest absolute Gasteiger partial charge is 0.0776 e. The first kappa shape index (κ1) is 15.4. The first-order chi connectivity index (χ1) is 9.47. The second kappa shape index (κ2) is 6.61. The van der Waals surface area contributed by atoms with E-state index in [4.69, 9.17) is 11.6 Å². The summed E-state index contributed by atoms with van der Waals surface area (Å²) < 4.78 is 1.07. The number of halogens is 2. The van der Waals surface area contributed by atoms with Gasteiger partial charge in [0.05, 0.1) is 6.10 Å². The van der Waals surface area contributed by atoms with Crippen LogP contribution in [-0.4, -0.2) is 12.2 Å². The highest BCUT2D eigenvalue weighted by molar-refractivity contribution is 9.10. The van der Waals surface area contributed by atoms with Crippen LogP contribution < -0.4 is 4.90 Å². The Morgan fingerprint density at radius 2 is 2.00 bits per heavy atom. The van der Waals surface area contributed by atoms with Crippen LogP contribution >= 0.6 is 27.5 Å². The summed E-state index contributed by atoms with van der Waals surface area (Å²) in [7, 11) is 2.02. The molecule has 2 aromatic rings. The predicted molar refractivity (Wildman–Crippen MR) is 88.3 cm³/mol. The van der Waals surface area contributed by atoms with Gasteiger partial charge in [-0.1, -0.05) is 45.7 Å². The van der Waals surface area contributed by atoms with Gasteiger partial charge in [-0.25, -0.2) is 0 Å². The van der Waals surface area contributed by atoms with Crippen molar-refractivity contribution in [2.24, 2.45) is 0 Å². The molecule has 0 spiro atoms. The maximum Gasteiger partial charge on any atom is 0.0776 e. The van der Waals surface area contributed by atoms with Gasteiger partial charge in [-0.2, -0.15) is 0 Å². The molecule has 1 N–H and O–H groups in total. The Hall–Kier alpha value is -1.03. The van der Waals surface area contributed by atoms with Crippen LogP contribution in [0.15, 0.2) is 46.9 Å². The van der Waals surface area contributed by atoms with Gasteiger partial charge in [-0.05, 0) is 42.3 Å². The van der Waals surface area contributed by atoms with Gasteiger partial charge in [0.2, 0.25) is 0 Å². The minimum Gasteiger partial charge on any atom is -0.389 e. The fraction of sp³-hybridized carbons (Fsp3) is 0.250. The van der Waals surface area contributed by atoms with E-state index in [1.165, 1.54) is 5.56 Å². The highest BCUT2D eigenvalue weighted by atomic mass is 79.9. The molecule has 0 amide bonds. The molecule has 0 aromatic heterocycles. The molecular formula is C16H17BrClNO. The summed E-state index contributed by atoms with van der Waals surface area (Å²) >= 11 is 9.68. The third kappa shape index (κ3) is 3.75. The SMILES string of the molecule is CC(O)c1ccc(N(C)Cc2cccc(Br)c2)cc1Cl. The molecule has 20 heavy (non-hydrogen) atoms. The van der Waals surface area contributed by atoms with Crippen LogP contribution in [0.2, 0.25) is 5.02 Å². The van der Waals surface area contributed by atoms with Crippen molar-refractivity contribution in [3.05, 3.63) is 63.1 Å². The van der Waals surface area contributed by atoms with Crippen molar-refractivity contribution in [1.29, 1.82) is 0 Å². The molecule has 0 aliphatic carbocycles. The monoisotopic (exact) mass is 353 g/mol. The van der Waals surface area contributed by atoms with Crippen molar-refractivity contribution in [3.63, 3.8) is 0 Å². The summed E-state index contributed by atoms with van der Waals surface area (Å²) in [5.74, 6) is 0. The molecule has 2 aromatic carbocycles. The molecule has 0 saturated heterocycles. The minimum absolute atomic E-state index is 0.549. The van der Waals surface area contributed by atoms with Crippen LogP contribution in [0.3, 0.4) is 0 Å². The van der Waals surface area contributed by atoms with E-state index in [0.717, 1.165) is 22.3 Å². The van der Waals surface area contributed by atoms with E-state index in [1.54, 1.807) is 6.92 Å². The Morgan fingerprint density at radius 3 is 2.60 bits per heavy atom. The third-order valence-corrected chi connectivity index (χ3v) is 4.00. The minimum atomic E-state index is -0.549. The number of aliphatic hydroxyl groups excluding tert-OH is 1.